The normalized spacial score (nSPS) is 20.4. The second-order valence-electron chi connectivity index (χ2n) is 6.61. The zero-order valence-electron chi connectivity index (χ0n) is 14.2. The summed E-state index contributed by atoms with van der Waals surface area (Å²) in [5.41, 5.74) is 8.83. The van der Waals surface area contributed by atoms with Crippen LogP contribution >= 0.6 is 0 Å². The number of benzene rings is 1. The summed E-state index contributed by atoms with van der Waals surface area (Å²) < 4.78 is 0. The quantitative estimate of drug-likeness (QED) is 0.644. The van der Waals surface area contributed by atoms with Crippen LogP contribution in [0, 0.1) is 5.41 Å². The maximum absolute atomic E-state index is 12.0. The van der Waals surface area contributed by atoms with Crippen molar-refractivity contribution in [1.29, 1.82) is 0 Å². The molecule has 6 nitrogen and oxygen atoms in total. The van der Waals surface area contributed by atoms with Crippen molar-refractivity contribution in [3.8, 4) is 11.1 Å². The number of nitrogens with two attached hydrogens (primary N) is 1. The van der Waals surface area contributed by atoms with E-state index < -0.39 is 5.41 Å². The Morgan fingerprint density at radius 3 is 2.72 bits per heavy atom. The summed E-state index contributed by atoms with van der Waals surface area (Å²) in [6.45, 7) is 0.978. The van der Waals surface area contributed by atoms with Gasteiger partial charge in [-0.2, -0.15) is 0 Å². The lowest BCUT2D eigenvalue weighted by atomic mass is 9.79. The molecule has 1 aliphatic heterocycles. The van der Waals surface area contributed by atoms with Gasteiger partial charge in [-0.25, -0.2) is 0 Å². The van der Waals surface area contributed by atoms with Gasteiger partial charge in [0.2, 0.25) is 5.91 Å². The number of nitrogens with zero attached hydrogens (tertiary/aromatic N) is 2. The van der Waals surface area contributed by atoms with Crippen LogP contribution in [-0.4, -0.2) is 42.2 Å². The number of carbonyl (C=O) groups is 2. The van der Waals surface area contributed by atoms with Crippen molar-refractivity contribution in [2.45, 2.75) is 12.8 Å². The second kappa shape index (κ2) is 6.93. The van der Waals surface area contributed by atoms with Gasteiger partial charge in [0, 0.05) is 39.0 Å². The van der Waals surface area contributed by atoms with Gasteiger partial charge in [-0.15, -0.1) is 0 Å². The monoisotopic (exact) mass is 338 g/mol. The number of aromatic nitrogens is 1. The van der Waals surface area contributed by atoms with Gasteiger partial charge >= 0.3 is 0 Å². The van der Waals surface area contributed by atoms with E-state index in [-0.39, 0.29) is 12.3 Å². The minimum Gasteiger partial charge on any atom is -0.397 e. The Hall–Kier alpha value is -2.89. The molecule has 1 atom stereocenters. The summed E-state index contributed by atoms with van der Waals surface area (Å²) in [6, 6.07) is 9.60. The lowest BCUT2D eigenvalue weighted by Gasteiger charge is -2.36. The van der Waals surface area contributed by atoms with Crippen LogP contribution in [0.25, 0.3) is 11.1 Å². The molecule has 25 heavy (non-hydrogen) atoms. The van der Waals surface area contributed by atoms with Crippen molar-refractivity contribution in [2.24, 2.45) is 5.41 Å². The number of nitrogens with one attached hydrogen (secondary N) is 1. The van der Waals surface area contributed by atoms with Gasteiger partial charge < -0.3 is 20.7 Å². The van der Waals surface area contributed by atoms with Gasteiger partial charge in [0.05, 0.1) is 16.8 Å². The summed E-state index contributed by atoms with van der Waals surface area (Å²) in [7, 11) is 1.76. The molecule has 3 rings (SSSR count). The van der Waals surface area contributed by atoms with Gasteiger partial charge in [-0.1, -0.05) is 6.07 Å². The minimum atomic E-state index is -0.678. The van der Waals surface area contributed by atoms with Crippen molar-refractivity contribution in [1.82, 2.24) is 9.88 Å². The molecule has 0 saturated carbocycles. The predicted octanol–water partition coefficient (Wildman–Crippen LogP) is 2.18. The maximum atomic E-state index is 12.0. The van der Waals surface area contributed by atoms with E-state index in [1.165, 1.54) is 0 Å². The number of pyridine rings is 1. The number of anilines is 2. The van der Waals surface area contributed by atoms with Crippen LogP contribution in [0.4, 0.5) is 11.4 Å². The van der Waals surface area contributed by atoms with Crippen molar-refractivity contribution >= 4 is 23.6 Å². The van der Waals surface area contributed by atoms with Gasteiger partial charge in [0.25, 0.3) is 0 Å². The van der Waals surface area contributed by atoms with E-state index in [9.17, 15) is 9.59 Å². The molecule has 3 N–H and O–H groups in total. The molecule has 1 fully saturated rings. The lowest BCUT2D eigenvalue weighted by Crippen LogP contribution is -2.46. The minimum absolute atomic E-state index is 0.00124. The Labute approximate surface area is 147 Å². The summed E-state index contributed by atoms with van der Waals surface area (Å²) in [5.74, 6) is -0.00124. The number of rotatable bonds is 5. The Morgan fingerprint density at radius 2 is 2.04 bits per heavy atom. The first kappa shape index (κ1) is 17.0. The highest BCUT2D eigenvalue weighted by Crippen LogP contribution is 2.32. The molecule has 1 aromatic heterocycles. The van der Waals surface area contributed by atoms with Gasteiger partial charge in [-0.05, 0) is 41.8 Å². The lowest BCUT2D eigenvalue weighted by molar-refractivity contribution is -0.139. The van der Waals surface area contributed by atoms with Gasteiger partial charge in [0.15, 0.2) is 0 Å². The van der Waals surface area contributed by atoms with Crippen LogP contribution < -0.4 is 11.1 Å². The Balaban J connectivity index is 1.78. The highest BCUT2D eigenvalue weighted by atomic mass is 16.2. The highest BCUT2D eigenvalue weighted by molar-refractivity contribution is 5.83. The van der Waals surface area contributed by atoms with Crippen LogP contribution in [0.5, 0.6) is 0 Å². The summed E-state index contributed by atoms with van der Waals surface area (Å²) >= 11 is 0. The smallest absolute Gasteiger partial charge is 0.223 e. The van der Waals surface area contributed by atoms with E-state index >= 15 is 0 Å². The number of carbonyl (C=O) groups excluding carboxylic acids is 2. The molecule has 130 valence electrons. The van der Waals surface area contributed by atoms with Crippen molar-refractivity contribution in [2.75, 3.05) is 31.2 Å². The Morgan fingerprint density at radius 1 is 1.28 bits per heavy atom. The highest BCUT2D eigenvalue weighted by Gasteiger charge is 2.37. The number of likely N-dealkylation sites (tertiary alicyclic amines) is 1. The SMILES string of the molecule is CN1CCC(C=O)(CNc2cc(-c3ccncc3)ccc2N)CC1=O. The Kier molecular flexibility index (Phi) is 4.70. The zero-order valence-corrected chi connectivity index (χ0v) is 14.2. The van der Waals surface area contributed by atoms with E-state index in [2.05, 4.69) is 10.3 Å². The Bertz CT molecular complexity index is 778. The molecule has 1 aliphatic rings. The largest absolute Gasteiger partial charge is 0.397 e. The number of aldehydes is 1. The van der Waals surface area contributed by atoms with E-state index in [4.69, 9.17) is 5.73 Å². The third kappa shape index (κ3) is 3.63. The zero-order chi connectivity index (χ0) is 17.9. The van der Waals surface area contributed by atoms with Gasteiger partial charge in [-0.3, -0.25) is 9.78 Å². The van der Waals surface area contributed by atoms with Crippen LogP contribution in [-0.2, 0) is 9.59 Å². The maximum Gasteiger partial charge on any atom is 0.223 e. The summed E-state index contributed by atoms with van der Waals surface area (Å²) in [4.78, 5) is 29.4. The van der Waals surface area contributed by atoms with Crippen molar-refractivity contribution in [3.05, 3.63) is 42.7 Å². The molecule has 0 radical (unpaired) electrons. The van der Waals surface area contributed by atoms with E-state index in [1.807, 2.05) is 30.3 Å². The molecule has 2 aromatic rings. The number of amides is 1. The molecule has 1 aromatic carbocycles. The van der Waals surface area contributed by atoms with Gasteiger partial charge in [0.1, 0.15) is 6.29 Å². The van der Waals surface area contributed by atoms with Crippen molar-refractivity contribution in [3.63, 3.8) is 0 Å². The second-order valence-corrected chi connectivity index (χ2v) is 6.61. The predicted molar refractivity (Wildman–Crippen MR) is 97.9 cm³/mol. The molecule has 1 amide bonds. The standard InChI is InChI=1S/C19H22N4O2/c1-23-9-6-19(13-24,11-18(23)25)12-22-17-10-15(2-3-16(17)20)14-4-7-21-8-5-14/h2-5,7-8,10,13,22H,6,9,11-12,20H2,1H3. The van der Waals surface area contributed by atoms with Crippen LogP contribution in [0.1, 0.15) is 12.8 Å². The molecule has 0 aliphatic carbocycles. The summed E-state index contributed by atoms with van der Waals surface area (Å²) in [5, 5.41) is 3.28. The first-order valence-electron chi connectivity index (χ1n) is 8.27. The topological polar surface area (TPSA) is 88.3 Å². The number of hydrogen-bond donors (Lipinski definition) is 2. The van der Waals surface area contributed by atoms with E-state index in [1.54, 1.807) is 24.3 Å². The molecular formula is C19H22N4O2. The molecule has 1 saturated heterocycles. The van der Waals surface area contributed by atoms with E-state index in [0.29, 0.717) is 25.2 Å². The molecule has 1 unspecified atom stereocenters. The molecular weight excluding hydrogens is 316 g/mol. The average Bonchev–Trinajstić information content (AvgIpc) is 2.65. The van der Waals surface area contributed by atoms with Crippen LogP contribution in [0.15, 0.2) is 42.7 Å². The van der Waals surface area contributed by atoms with E-state index in [0.717, 1.165) is 23.1 Å². The number of piperidine rings is 1. The first-order chi connectivity index (χ1) is 12.0. The fraction of sp³-hybridized carbons (Fsp3) is 0.316. The number of hydrogen-bond acceptors (Lipinski definition) is 5. The van der Waals surface area contributed by atoms with Crippen LogP contribution in [0.2, 0.25) is 0 Å². The third-order valence-corrected chi connectivity index (χ3v) is 4.82. The molecule has 6 heteroatoms. The average molecular weight is 338 g/mol. The van der Waals surface area contributed by atoms with Crippen LogP contribution in [0.3, 0.4) is 0 Å². The summed E-state index contributed by atoms with van der Waals surface area (Å²) in [6.07, 6.45) is 5.27. The van der Waals surface area contributed by atoms with Crippen molar-refractivity contribution < 1.29 is 9.59 Å². The molecule has 2 heterocycles. The first-order valence-corrected chi connectivity index (χ1v) is 8.27. The fourth-order valence-electron chi connectivity index (χ4n) is 3.04. The third-order valence-electron chi connectivity index (χ3n) is 4.82. The fourth-order valence-corrected chi connectivity index (χ4v) is 3.04. The molecule has 0 spiro atoms. The number of nitrogen functional groups attached to an aromatic ring is 1. The molecule has 0 bridgehead atoms.